The number of nitrogens with one attached hydrogen (secondary N) is 1. The van der Waals surface area contributed by atoms with Crippen LogP contribution in [0.2, 0.25) is 0 Å². The molecule has 1 heterocycles. The minimum absolute atomic E-state index is 0.400. The predicted octanol–water partition coefficient (Wildman–Crippen LogP) is 0.785. The normalized spacial score (nSPS) is 9.74. The molecule has 1 aromatic rings. The predicted molar refractivity (Wildman–Crippen MR) is 61.2 cm³/mol. The summed E-state index contributed by atoms with van der Waals surface area (Å²) in [4.78, 5) is 44.2. The van der Waals surface area contributed by atoms with Crippen molar-refractivity contribution < 1.29 is 29.2 Å². The van der Waals surface area contributed by atoms with E-state index >= 15 is 0 Å². The zero-order valence-corrected chi connectivity index (χ0v) is 10.1. The van der Waals surface area contributed by atoms with Gasteiger partial charge in [0.25, 0.3) is 0 Å². The van der Waals surface area contributed by atoms with Crippen molar-refractivity contribution >= 4 is 30.1 Å². The third-order valence-electron chi connectivity index (χ3n) is 1.88. The molecule has 0 aliphatic rings. The van der Waals surface area contributed by atoms with Crippen LogP contribution in [0.15, 0.2) is 6.07 Å². The maximum atomic E-state index is 11.2. The lowest BCUT2D eigenvalue weighted by Gasteiger charge is -2.06. The molecule has 2 N–H and O–H groups in total. The van der Waals surface area contributed by atoms with Crippen LogP contribution in [0, 0.1) is 14.8 Å². The molecule has 10 heteroatoms. The molecule has 0 saturated carbocycles. The van der Waals surface area contributed by atoms with Gasteiger partial charge < -0.3 is 14.8 Å². The van der Waals surface area contributed by atoms with Crippen molar-refractivity contribution in [3.8, 4) is 5.88 Å². The number of pyridine rings is 1. The van der Waals surface area contributed by atoms with Crippen LogP contribution in [0.25, 0.3) is 0 Å². The van der Waals surface area contributed by atoms with Crippen LogP contribution in [0.3, 0.4) is 0 Å². The smallest absolute Gasteiger partial charge is 0.477 e. The van der Waals surface area contributed by atoms with E-state index in [4.69, 9.17) is 5.11 Å². The Morgan fingerprint density at radius 1 is 1.42 bits per heavy atom. The van der Waals surface area contributed by atoms with E-state index in [0.29, 0.717) is 6.07 Å². The fourth-order valence-corrected chi connectivity index (χ4v) is 1.39. The van der Waals surface area contributed by atoms with E-state index in [0.717, 1.165) is 6.92 Å². The molecule has 0 radical (unpaired) electrons. The molecular formula is C9H6N2O7S. The van der Waals surface area contributed by atoms with E-state index in [9.17, 15) is 24.5 Å². The van der Waals surface area contributed by atoms with Gasteiger partial charge in [-0.15, -0.1) is 0 Å². The number of nitro groups is 1. The number of amides is 1. The quantitative estimate of drug-likeness (QED) is 0.359. The lowest BCUT2D eigenvalue weighted by Crippen LogP contribution is -2.16. The van der Waals surface area contributed by atoms with Gasteiger partial charge in [0.15, 0.2) is 0 Å². The number of hydrogen-bond donors (Lipinski definition) is 2. The average Bonchev–Trinajstić information content (AvgIpc) is 2.26. The SMILES string of the molecule is CC(=O)Oc1[nH]c(=S)c(C(=O)[N+](=O)[O-])cc1C(=O)O. The standard InChI is InChI=1S/C9H6N2O7S/c1-3(12)18-6-4(9(14)15)2-5(7(19)10-6)8(13)11(16)17/h2H,1H3,(H,10,19)(H,14,15). The van der Waals surface area contributed by atoms with E-state index in [1.54, 1.807) is 0 Å². The van der Waals surface area contributed by atoms with E-state index in [1.165, 1.54) is 0 Å². The number of H-pyrrole nitrogens is 1. The Morgan fingerprint density at radius 3 is 2.42 bits per heavy atom. The van der Waals surface area contributed by atoms with Gasteiger partial charge in [0, 0.05) is 6.92 Å². The molecular weight excluding hydrogens is 280 g/mol. The lowest BCUT2D eigenvalue weighted by atomic mass is 10.2. The number of carbonyl (C=O) groups excluding carboxylic acids is 2. The highest BCUT2D eigenvalue weighted by Crippen LogP contribution is 2.19. The highest BCUT2D eigenvalue weighted by atomic mass is 32.1. The van der Waals surface area contributed by atoms with Crippen LogP contribution in [-0.4, -0.2) is 32.9 Å². The van der Waals surface area contributed by atoms with Gasteiger partial charge in [0.1, 0.15) is 20.7 Å². The van der Waals surface area contributed by atoms with Crippen molar-refractivity contribution in [1.29, 1.82) is 0 Å². The van der Waals surface area contributed by atoms with Crippen LogP contribution in [0.1, 0.15) is 27.6 Å². The summed E-state index contributed by atoms with van der Waals surface area (Å²) in [5.74, 6) is -4.41. The van der Waals surface area contributed by atoms with Gasteiger partial charge in [-0.1, -0.05) is 12.2 Å². The first-order valence-corrected chi connectivity index (χ1v) is 5.02. The third-order valence-corrected chi connectivity index (χ3v) is 2.20. The number of esters is 1. The molecule has 0 aliphatic carbocycles. The first-order valence-electron chi connectivity index (χ1n) is 4.61. The summed E-state index contributed by atoms with van der Waals surface area (Å²) in [6, 6.07) is 0.685. The number of aromatic carboxylic acids is 1. The number of hydrogen-bond acceptors (Lipinski definition) is 7. The summed E-state index contributed by atoms with van der Waals surface area (Å²) in [6.45, 7) is 1.03. The molecule has 1 rings (SSSR count). The molecule has 0 bridgehead atoms. The highest BCUT2D eigenvalue weighted by molar-refractivity contribution is 7.71. The number of carbonyl (C=O) groups is 3. The molecule has 0 unspecified atom stereocenters. The summed E-state index contributed by atoms with van der Waals surface area (Å²) >= 11 is 4.67. The van der Waals surface area contributed by atoms with Crippen LogP contribution in [0.5, 0.6) is 5.88 Å². The summed E-state index contributed by atoms with van der Waals surface area (Å²) in [5.41, 5.74) is -1.22. The van der Waals surface area contributed by atoms with Crippen LogP contribution >= 0.6 is 12.2 Å². The number of nitrogens with zero attached hydrogens (tertiary/aromatic N) is 1. The van der Waals surface area contributed by atoms with Gasteiger partial charge >= 0.3 is 17.8 Å². The van der Waals surface area contributed by atoms with Crippen molar-refractivity contribution in [2.75, 3.05) is 0 Å². The Kier molecular flexibility index (Phi) is 4.07. The van der Waals surface area contributed by atoms with Gasteiger partial charge in [-0.25, -0.2) is 9.59 Å². The molecule has 1 aromatic heterocycles. The van der Waals surface area contributed by atoms with Gasteiger partial charge in [0.2, 0.25) is 5.88 Å². The molecule has 19 heavy (non-hydrogen) atoms. The first kappa shape index (κ1) is 14.4. The van der Waals surface area contributed by atoms with Crippen LogP contribution < -0.4 is 4.74 Å². The van der Waals surface area contributed by atoms with Gasteiger partial charge in [0.05, 0.1) is 0 Å². The number of ether oxygens (including phenoxy) is 1. The van der Waals surface area contributed by atoms with Crippen molar-refractivity contribution in [2.45, 2.75) is 6.92 Å². The fraction of sp³-hybridized carbons (Fsp3) is 0.111. The lowest BCUT2D eigenvalue weighted by molar-refractivity contribution is -0.375. The summed E-state index contributed by atoms with van der Waals surface area (Å²) < 4.78 is 4.16. The monoisotopic (exact) mass is 286 g/mol. The molecule has 0 aliphatic heterocycles. The van der Waals surface area contributed by atoms with Gasteiger partial charge in [-0.3, -0.25) is 14.9 Å². The van der Waals surface area contributed by atoms with Crippen molar-refractivity contribution in [3.63, 3.8) is 0 Å². The van der Waals surface area contributed by atoms with Gasteiger partial charge in [-0.05, 0) is 6.07 Å². The van der Waals surface area contributed by atoms with E-state index in [1.807, 2.05) is 0 Å². The zero-order valence-electron chi connectivity index (χ0n) is 9.33. The Bertz CT molecular complexity index is 648. The largest absolute Gasteiger partial charge is 0.479 e. The van der Waals surface area contributed by atoms with Crippen molar-refractivity contribution in [2.24, 2.45) is 0 Å². The second-order valence-corrected chi connectivity index (χ2v) is 3.62. The topological polar surface area (TPSA) is 140 Å². The fourth-order valence-electron chi connectivity index (χ4n) is 1.15. The highest BCUT2D eigenvalue weighted by Gasteiger charge is 2.25. The van der Waals surface area contributed by atoms with E-state index in [-0.39, 0.29) is 0 Å². The number of rotatable bonds is 3. The molecule has 0 saturated heterocycles. The Hall–Kier alpha value is -2.62. The molecule has 0 spiro atoms. The summed E-state index contributed by atoms with van der Waals surface area (Å²) in [6.07, 6.45) is 0. The minimum atomic E-state index is -1.56. The minimum Gasteiger partial charge on any atom is -0.477 e. The average molecular weight is 286 g/mol. The van der Waals surface area contributed by atoms with E-state index < -0.39 is 44.4 Å². The Balaban J connectivity index is 3.49. The Morgan fingerprint density at radius 2 is 2.00 bits per heavy atom. The summed E-state index contributed by atoms with van der Waals surface area (Å²) in [5, 5.41) is 19.2. The molecule has 0 fully saturated rings. The zero-order chi connectivity index (χ0) is 14.7. The third kappa shape index (κ3) is 3.19. The first-order chi connectivity index (χ1) is 8.73. The number of carboxylic acids is 1. The van der Waals surface area contributed by atoms with Crippen LogP contribution in [-0.2, 0) is 4.79 Å². The number of aromatic amines is 1. The summed E-state index contributed by atoms with van der Waals surface area (Å²) in [7, 11) is 0. The maximum absolute atomic E-state index is 11.2. The maximum Gasteiger partial charge on any atom is 0.479 e. The number of aromatic nitrogens is 1. The second-order valence-electron chi connectivity index (χ2n) is 3.22. The van der Waals surface area contributed by atoms with Crippen molar-refractivity contribution in [3.05, 3.63) is 31.9 Å². The van der Waals surface area contributed by atoms with Gasteiger partial charge in [-0.2, -0.15) is 0 Å². The molecule has 0 aromatic carbocycles. The van der Waals surface area contributed by atoms with E-state index in [2.05, 4.69) is 21.9 Å². The second kappa shape index (κ2) is 5.35. The molecule has 9 nitrogen and oxygen atoms in total. The molecule has 100 valence electrons. The van der Waals surface area contributed by atoms with Crippen LogP contribution in [0.4, 0.5) is 0 Å². The molecule has 0 atom stereocenters. The molecule has 1 amide bonds. The Labute approximate surface area is 110 Å². The number of carboxylic acid groups (broad SMARTS) is 1. The van der Waals surface area contributed by atoms with Crippen molar-refractivity contribution in [1.82, 2.24) is 4.98 Å².